The second-order valence-electron chi connectivity index (χ2n) is 14.7. The van der Waals surface area contributed by atoms with Gasteiger partial charge in [-0.1, -0.05) is 29.7 Å². The molecule has 3 fully saturated rings. The Bertz CT molecular complexity index is 1550. The number of nitrogen functional groups attached to an aromatic ring is 1. The number of fused-ring (bicyclic) bond motifs is 1. The van der Waals surface area contributed by atoms with E-state index < -0.39 is 23.3 Å². The lowest BCUT2D eigenvalue weighted by Crippen LogP contribution is -2.50. The van der Waals surface area contributed by atoms with Gasteiger partial charge >= 0.3 is 12.2 Å². The van der Waals surface area contributed by atoms with Crippen molar-refractivity contribution in [1.82, 2.24) is 19.6 Å². The Kier molecular flexibility index (Phi) is 11.0. The fourth-order valence-electron chi connectivity index (χ4n) is 8.48. The fourth-order valence-corrected chi connectivity index (χ4v) is 8.48. The minimum Gasteiger partial charge on any atom is -0.399 e. The van der Waals surface area contributed by atoms with Crippen LogP contribution in [0.25, 0.3) is 0 Å². The number of benzene rings is 2. The maximum Gasteiger partial charge on any atom is 0.418 e. The van der Waals surface area contributed by atoms with Gasteiger partial charge in [0.15, 0.2) is 0 Å². The van der Waals surface area contributed by atoms with Crippen LogP contribution in [0.1, 0.15) is 61.6 Å². The predicted octanol–water partition coefficient (Wildman–Crippen LogP) is 4.29. The molecule has 2 radical (unpaired) electrons. The van der Waals surface area contributed by atoms with E-state index in [1.165, 1.54) is 6.07 Å². The summed E-state index contributed by atoms with van der Waals surface area (Å²) in [6, 6.07) is 9.93. The van der Waals surface area contributed by atoms with Gasteiger partial charge in [-0.15, -0.1) is 0 Å². The zero-order valence-corrected chi connectivity index (χ0v) is 28.9. The number of amides is 4. The van der Waals surface area contributed by atoms with Crippen LogP contribution in [0.4, 0.5) is 29.3 Å². The minimum atomic E-state index is -4.71. The number of nitrogens with one attached hydrogen (secondary N) is 1. The molecule has 9 nitrogen and oxygen atoms in total. The van der Waals surface area contributed by atoms with Crippen molar-refractivity contribution < 1.29 is 27.6 Å². The SMILES string of the molecule is [B]c1cc(C[C@@H](CC(=O)N2CCC(N3CCc4ccccc4NC3=O)CC2)C(=O)N2CCC(C3CCN(C)CC3)CC2)cc(C(F)(F)F)c1N. The molecule has 2 aromatic rings. The van der Waals surface area contributed by atoms with Crippen LogP contribution in [0, 0.1) is 17.8 Å². The number of carbonyl (C=O) groups excluding carboxylic acids is 3. The van der Waals surface area contributed by atoms with E-state index in [2.05, 4.69) is 17.3 Å². The molecule has 268 valence electrons. The maximum absolute atomic E-state index is 14.1. The molecule has 0 aromatic heterocycles. The van der Waals surface area contributed by atoms with Crippen molar-refractivity contribution in [2.24, 2.45) is 17.8 Å². The Morgan fingerprint density at radius 2 is 1.54 bits per heavy atom. The molecular formula is C37H48BF3N6O3. The zero-order chi connectivity index (χ0) is 35.6. The molecule has 6 rings (SSSR count). The largest absolute Gasteiger partial charge is 0.418 e. The summed E-state index contributed by atoms with van der Waals surface area (Å²) in [5, 5.41) is 3.02. The lowest BCUT2D eigenvalue weighted by atomic mass is 9.78. The molecule has 0 unspecified atom stereocenters. The van der Waals surface area contributed by atoms with Gasteiger partial charge in [0.05, 0.1) is 11.5 Å². The average molecular weight is 693 g/mol. The van der Waals surface area contributed by atoms with Crippen LogP contribution in [0.15, 0.2) is 36.4 Å². The summed E-state index contributed by atoms with van der Waals surface area (Å²) in [7, 11) is 8.05. The molecule has 4 heterocycles. The third-order valence-corrected chi connectivity index (χ3v) is 11.5. The molecule has 3 saturated heterocycles. The van der Waals surface area contributed by atoms with Crippen LogP contribution in [0.2, 0.25) is 0 Å². The molecular weight excluding hydrogens is 644 g/mol. The van der Waals surface area contributed by atoms with Crippen molar-refractivity contribution in [3.63, 3.8) is 0 Å². The monoisotopic (exact) mass is 692 g/mol. The molecule has 2 aromatic carbocycles. The Morgan fingerprint density at radius 3 is 2.20 bits per heavy atom. The van der Waals surface area contributed by atoms with Crippen molar-refractivity contribution in [3.8, 4) is 0 Å². The van der Waals surface area contributed by atoms with Gasteiger partial charge in [0, 0.05) is 56.6 Å². The zero-order valence-electron chi connectivity index (χ0n) is 28.9. The van der Waals surface area contributed by atoms with Gasteiger partial charge in [-0.2, -0.15) is 13.2 Å². The van der Waals surface area contributed by atoms with Crippen molar-refractivity contribution in [3.05, 3.63) is 53.1 Å². The number of para-hydroxylation sites is 1. The first-order valence-electron chi connectivity index (χ1n) is 18.0. The maximum atomic E-state index is 14.1. The van der Waals surface area contributed by atoms with E-state index >= 15 is 0 Å². The third kappa shape index (κ3) is 8.24. The smallest absolute Gasteiger partial charge is 0.399 e. The fraction of sp³-hybridized carbons (Fsp3) is 0.595. The summed E-state index contributed by atoms with van der Waals surface area (Å²) < 4.78 is 41.5. The van der Waals surface area contributed by atoms with E-state index in [1.54, 1.807) is 9.80 Å². The van der Waals surface area contributed by atoms with Gasteiger partial charge in [-0.3, -0.25) is 9.59 Å². The summed E-state index contributed by atoms with van der Waals surface area (Å²) in [4.78, 5) is 48.7. The van der Waals surface area contributed by atoms with E-state index in [9.17, 15) is 27.6 Å². The molecule has 3 N–H and O–H groups in total. The number of anilines is 2. The average Bonchev–Trinajstić information content (AvgIpc) is 3.27. The predicted molar refractivity (Wildman–Crippen MR) is 188 cm³/mol. The number of rotatable bonds is 7. The number of nitrogens with two attached hydrogens (primary N) is 1. The number of halogens is 3. The van der Waals surface area contributed by atoms with Gasteiger partial charge in [-0.25, -0.2) is 4.79 Å². The standard InChI is InChI=1S/C37H48BF3N6O3/c1-44-13-6-25(7-14-44)26-8-15-46(16-9-26)35(49)28(20-24-21-30(37(39,40)41)34(42)31(38)22-24)23-33(48)45-17-11-29(12-18-45)47-19-10-27-4-2-3-5-32(27)43-36(47)50/h2-5,21-22,25-26,28-29H,6-20,23,42H2,1H3,(H,43,50)/t28-/m0/s1. The Labute approximate surface area is 294 Å². The molecule has 0 saturated carbocycles. The van der Waals surface area contributed by atoms with E-state index in [0.29, 0.717) is 57.4 Å². The van der Waals surface area contributed by atoms with Crippen LogP contribution in [-0.4, -0.2) is 104 Å². The van der Waals surface area contributed by atoms with Crippen LogP contribution in [0.5, 0.6) is 0 Å². The summed E-state index contributed by atoms with van der Waals surface area (Å²) in [6.45, 7) is 4.74. The normalized spacial score (nSPS) is 21.0. The number of hydrogen-bond donors (Lipinski definition) is 2. The summed E-state index contributed by atoms with van der Waals surface area (Å²) in [6.07, 6.45) is 1.12. The van der Waals surface area contributed by atoms with Crippen LogP contribution in [-0.2, 0) is 28.6 Å². The van der Waals surface area contributed by atoms with E-state index in [0.717, 1.165) is 62.5 Å². The highest BCUT2D eigenvalue weighted by atomic mass is 19.4. The highest BCUT2D eigenvalue weighted by Crippen LogP contribution is 2.35. The number of hydrogen-bond acceptors (Lipinski definition) is 5. The van der Waals surface area contributed by atoms with Gasteiger partial charge in [0.25, 0.3) is 0 Å². The summed E-state index contributed by atoms with van der Waals surface area (Å²) in [5.41, 5.74) is 6.05. The Balaban J connectivity index is 1.12. The molecule has 0 aliphatic carbocycles. The number of nitrogens with zero attached hydrogens (tertiary/aromatic N) is 4. The second kappa shape index (κ2) is 15.2. The van der Waals surface area contributed by atoms with Gasteiger partial charge < -0.3 is 30.7 Å². The molecule has 4 amide bonds. The molecule has 1 atom stereocenters. The number of piperidine rings is 3. The number of carbonyl (C=O) groups is 3. The lowest BCUT2D eigenvalue weighted by molar-refractivity contribution is -0.143. The molecule has 0 spiro atoms. The first kappa shape index (κ1) is 36.1. The first-order valence-corrected chi connectivity index (χ1v) is 18.0. The first-order chi connectivity index (χ1) is 23.9. The molecule has 13 heteroatoms. The van der Waals surface area contributed by atoms with Crippen LogP contribution in [0.3, 0.4) is 0 Å². The Morgan fingerprint density at radius 1 is 0.920 bits per heavy atom. The van der Waals surface area contributed by atoms with Crippen molar-refractivity contribution >= 4 is 42.5 Å². The van der Waals surface area contributed by atoms with Gasteiger partial charge in [0.2, 0.25) is 11.8 Å². The van der Waals surface area contributed by atoms with Gasteiger partial charge in [0.1, 0.15) is 7.85 Å². The number of alkyl halides is 3. The highest BCUT2D eigenvalue weighted by Gasteiger charge is 2.38. The number of urea groups is 1. The number of likely N-dealkylation sites (tertiary alicyclic amines) is 3. The molecule has 50 heavy (non-hydrogen) atoms. The van der Waals surface area contributed by atoms with E-state index in [4.69, 9.17) is 13.6 Å². The molecule has 4 aliphatic rings. The van der Waals surface area contributed by atoms with Crippen LogP contribution >= 0.6 is 0 Å². The summed E-state index contributed by atoms with van der Waals surface area (Å²) in [5.74, 6) is -0.0899. The minimum absolute atomic E-state index is 0.0322. The van der Waals surface area contributed by atoms with E-state index in [-0.39, 0.29) is 47.8 Å². The van der Waals surface area contributed by atoms with Crippen LogP contribution < -0.4 is 16.5 Å². The van der Waals surface area contributed by atoms with Crippen molar-refractivity contribution in [1.29, 1.82) is 0 Å². The third-order valence-electron chi connectivity index (χ3n) is 11.5. The second-order valence-corrected chi connectivity index (χ2v) is 14.7. The topological polar surface area (TPSA) is 102 Å². The van der Waals surface area contributed by atoms with Crippen molar-refractivity contribution in [2.75, 3.05) is 63.9 Å². The Hall–Kier alpha value is -3.74. The van der Waals surface area contributed by atoms with E-state index in [1.807, 2.05) is 29.2 Å². The highest BCUT2D eigenvalue weighted by molar-refractivity contribution is 6.36. The van der Waals surface area contributed by atoms with Gasteiger partial charge in [-0.05, 0) is 107 Å². The van der Waals surface area contributed by atoms with Crippen molar-refractivity contribution in [2.45, 2.75) is 70.0 Å². The molecule has 0 bridgehead atoms. The lowest BCUT2D eigenvalue weighted by Gasteiger charge is -2.40. The quantitative estimate of drug-likeness (QED) is 0.333. The molecule has 4 aliphatic heterocycles. The summed E-state index contributed by atoms with van der Waals surface area (Å²) >= 11 is 0.